The number of carbonyl (C=O) groups is 4. The lowest BCUT2D eigenvalue weighted by molar-refractivity contribution is -0.144. The van der Waals surface area contributed by atoms with Gasteiger partial charge < -0.3 is 5.32 Å². The lowest BCUT2D eigenvalue weighted by atomic mass is 9.53. The van der Waals surface area contributed by atoms with Crippen molar-refractivity contribution < 1.29 is 19.2 Å². The summed E-state index contributed by atoms with van der Waals surface area (Å²) in [4.78, 5) is 50.1. The van der Waals surface area contributed by atoms with Gasteiger partial charge in [0.15, 0.2) is 0 Å². The first-order valence-electron chi connectivity index (χ1n) is 9.00. The summed E-state index contributed by atoms with van der Waals surface area (Å²) in [5.74, 6) is -0.124. The van der Waals surface area contributed by atoms with Crippen LogP contribution in [-0.2, 0) is 14.4 Å². The molecule has 5 aliphatic rings. The monoisotopic (exact) mass is 345 g/mol. The van der Waals surface area contributed by atoms with Gasteiger partial charge in [-0.25, -0.2) is 9.69 Å². The van der Waals surface area contributed by atoms with Gasteiger partial charge in [-0.3, -0.25) is 19.3 Å². The predicted molar refractivity (Wildman–Crippen MR) is 88.1 cm³/mol. The molecular weight excluding hydrogens is 322 g/mol. The maximum Gasteiger partial charge on any atom is 0.335 e. The Morgan fingerprint density at radius 1 is 1.04 bits per heavy atom. The van der Waals surface area contributed by atoms with E-state index in [1.54, 1.807) is 0 Å². The fourth-order valence-corrected chi connectivity index (χ4v) is 5.72. The number of nitrogens with zero attached hydrogens (tertiary/aromatic N) is 2. The zero-order chi connectivity index (χ0) is 17.8. The van der Waals surface area contributed by atoms with E-state index in [-0.39, 0.29) is 18.0 Å². The van der Waals surface area contributed by atoms with E-state index in [0.29, 0.717) is 17.8 Å². The maximum absolute atomic E-state index is 12.5. The molecule has 0 aromatic heterocycles. The molecular formula is C18H23N3O4. The highest BCUT2D eigenvalue weighted by Gasteiger charge is 2.52. The molecule has 5 rings (SSSR count). The minimum Gasteiger partial charge on any atom is -0.349 e. The lowest BCUT2D eigenvalue weighted by Crippen LogP contribution is -2.61. The van der Waals surface area contributed by atoms with Crippen LogP contribution < -0.4 is 5.32 Å². The van der Waals surface area contributed by atoms with Gasteiger partial charge >= 0.3 is 17.8 Å². The summed E-state index contributed by atoms with van der Waals surface area (Å²) in [5, 5.41) is 3.12. The second-order valence-corrected chi connectivity index (χ2v) is 8.12. The normalized spacial score (nSPS) is 36.3. The van der Waals surface area contributed by atoms with Crippen LogP contribution in [-0.4, -0.2) is 52.2 Å². The number of imide groups is 2. The van der Waals surface area contributed by atoms with E-state index in [0.717, 1.165) is 29.1 Å². The van der Waals surface area contributed by atoms with E-state index in [9.17, 15) is 19.2 Å². The Kier molecular flexibility index (Phi) is 3.70. The third kappa shape index (κ3) is 2.65. The zero-order valence-electron chi connectivity index (χ0n) is 14.2. The molecule has 1 saturated heterocycles. The van der Waals surface area contributed by atoms with Crippen LogP contribution in [0.2, 0.25) is 0 Å². The third-order valence-electron chi connectivity index (χ3n) is 6.19. The Bertz CT molecular complexity index is 636. The fourth-order valence-electron chi connectivity index (χ4n) is 5.72. The van der Waals surface area contributed by atoms with E-state index >= 15 is 0 Å². The standard InChI is InChI=1S/C18H23N3O4/c1-2-3-20-15(23)16(24)21(17(20)25)10-14(22)19-18-7-11-4-12(8-18)6-13(5-11)9-18/h2,11-13H,1,3-10H2,(H,19,22). The molecule has 25 heavy (non-hydrogen) atoms. The predicted octanol–water partition coefficient (Wildman–Crippen LogP) is 1.05. The number of urea groups is 1. The number of carbonyl (C=O) groups excluding carboxylic acids is 4. The molecule has 0 atom stereocenters. The number of hydrogen-bond acceptors (Lipinski definition) is 4. The van der Waals surface area contributed by atoms with Crippen LogP contribution in [0.15, 0.2) is 12.7 Å². The van der Waals surface area contributed by atoms with Crippen molar-refractivity contribution in [3.63, 3.8) is 0 Å². The van der Waals surface area contributed by atoms with Gasteiger partial charge in [0.05, 0.1) is 0 Å². The summed E-state index contributed by atoms with van der Waals surface area (Å²) in [7, 11) is 0. The largest absolute Gasteiger partial charge is 0.349 e. The van der Waals surface area contributed by atoms with E-state index in [1.807, 2.05) is 0 Å². The second-order valence-electron chi connectivity index (χ2n) is 8.12. The van der Waals surface area contributed by atoms with Gasteiger partial charge in [-0.05, 0) is 56.3 Å². The Morgan fingerprint density at radius 3 is 2.08 bits per heavy atom. The second kappa shape index (κ2) is 5.68. The summed E-state index contributed by atoms with van der Waals surface area (Å²) >= 11 is 0. The summed E-state index contributed by atoms with van der Waals surface area (Å²) in [6.45, 7) is 3.05. The lowest BCUT2D eigenvalue weighted by Gasteiger charge is -2.56. The summed E-state index contributed by atoms with van der Waals surface area (Å²) in [6.07, 6.45) is 8.16. The first kappa shape index (κ1) is 16.3. The van der Waals surface area contributed by atoms with Crippen LogP contribution in [0.4, 0.5) is 4.79 Å². The van der Waals surface area contributed by atoms with Crippen molar-refractivity contribution in [2.45, 2.75) is 44.1 Å². The topological polar surface area (TPSA) is 86.8 Å². The first-order chi connectivity index (χ1) is 11.9. The van der Waals surface area contributed by atoms with Crippen LogP contribution in [0.1, 0.15) is 38.5 Å². The molecule has 4 aliphatic carbocycles. The minimum atomic E-state index is -0.937. The Labute approximate surface area is 146 Å². The Morgan fingerprint density at radius 2 is 1.56 bits per heavy atom. The van der Waals surface area contributed by atoms with E-state index in [4.69, 9.17) is 0 Å². The van der Waals surface area contributed by atoms with Gasteiger partial charge in [0.2, 0.25) is 5.91 Å². The van der Waals surface area contributed by atoms with Gasteiger partial charge in [-0.2, -0.15) is 0 Å². The van der Waals surface area contributed by atoms with Crippen molar-refractivity contribution in [1.29, 1.82) is 0 Å². The summed E-state index contributed by atoms with van der Waals surface area (Å²) in [5.41, 5.74) is -0.178. The smallest absolute Gasteiger partial charge is 0.335 e. The van der Waals surface area contributed by atoms with Gasteiger partial charge in [-0.1, -0.05) is 6.08 Å². The molecule has 7 heteroatoms. The average Bonchev–Trinajstić information content (AvgIpc) is 2.71. The molecule has 7 nitrogen and oxygen atoms in total. The molecule has 1 aliphatic heterocycles. The molecule has 1 N–H and O–H groups in total. The molecule has 5 fully saturated rings. The minimum absolute atomic E-state index is 0.0312. The van der Waals surface area contributed by atoms with Crippen LogP contribution >= 0.6 is 0 Å². The molecule has 0 radical (unpaired) electrons. The number of rotatable bonds is 5. The van der Waals surface area contributed by atoms with Crippen molar-refractivity contribution in [2.75, 3.05) is 13.1 Å². The molecule has 0 aromatic rings. The molecule has 4 saturated carbocycles. The number of nitrogens with one attached hydrogen (secondary N) is 1. The van der Waals surface area contributed by atoms with Crippen molar-refractivity contribution in [1.82, 2.24) is 15.1 Å². The molecule has 1 heterocycles. The van der Waals surface area contributed by atoms with Crippen molar-refractivity contribution in [3.05, 3.63) is 12.7 Å². The summed E-state index contributed by atoms with van der Waals surface area (Å²) < 4.78 is 0. The molecule has 134 valence electrons. The first-order valence-corrected chi connectivity index (χ1v) is 9.00. The Hall–Kier alpha value is -2.18. The number of hydrogen-bond donors (Lipinski definition) is 1. The van der Waals surface area contributed by atoms with Crippen LogP contribution in [0, 0.1) is 17.8 Å². The fraction of sp³-hybridized carbons (Fsp3) is 0.667. The average molecular weight is 345 g/mol. The van der Waals surface area contributed by atoms with Crippen molar-refractivity contribution >= 4 is 23.8 Å². The van der Waals surface area contributed by atoms with Crippen LogP contribution in [0.5, 0.6) is 0 Å². The van der Waals surface area contributed by atoms with Crippen LogP contribution in [0.25, 0.3) is 0 Å². The van der Waals surface area contributed by atoms with Gasteiger partial charge in [0.25, 0.3) is 0 Å². The SMILES string of the molecule is C=CCN1C(=O)C(=O)N(CC(=O)NC23CC4CC(CC(C4)C2)C3)C1=O. The Balaban J connectivity index is 1.43. The van der Waals surface area contributed by atoms with E-state index < -0.39 is 24.4 Å². The van der Waals surface area contributed by atoms with E-state index in [2.05, 4.69) is 11.9 Å². The van der Waals surface area contributed by atoms with E-state index in [1.165, 1.54) is 25.3 Å². The number of amides is 5. The highest BCUT2D eigenvalue weighted by Crippen LogP contribution is 2.55. The maximum atomic E-state index is 12.5. The van der Waals surface area contributed by atoms with Crippen molar-refractivity contribution in [3.8, 4) is 0 Å². The van der Waals surface area contributed by atoms with Crippen LogP contribution in [0.3, 0.4) is 0 Å². The van der Waals surface area contributed by atoms with Gasteiger partial charge in [0, 0.05) is 12.1 Å². The molecule has 0 spiro atoms. The van der Waals surface area contributed by atoms with Gasteiger partial charge in [0.1, 0.15) is 6.54 Å². The molecule has 5 amide bonds. The quantitative estimate of drug-likeness (QED) is 0.458. The molecule has 4 bridgehead atoms. The summed E-state index contributed by atoms with van der Waals surface area (Å²) in [6, 6.07) is -0.740. The van der Waals surface area contributed by atoms with Gasteiger partial charge in [-0.15, -0.1) is 6.58 Å². The highest BCUT2D eigenvalue weighted by molar-refractivity contribution is 6.45. The molecule has 0 unspecified atom stereocenters. The zero-order valence-corrected chi connectivity index (χ0v) is 14.2. The molecule has 0 aromatic carbocycles. The third-order valence-corrected chi connectivity index (χ3v) is 6.19. The van der Waals surface area contributed by atoms with Crippen molar-refractivity contribution in [2.24, 2.45) is 17.8 Å². The highest BCUT2D eigenvalue weighted by atomic mass is 16.2.